The third-order valence-corrected chi connectivity index (χ3v) is 10.7. The number of aldehydes is 1. The van der Waals surface area contributed by atoms with Gasteiger partial charge in [0.2, 0.25) is 0 Å². The van der Waals surface area contributed by atoms with E-state index in [1.807, 2.05) is 55.5 Å². The first-order valence-corrected chi connectivity index (χ1v) is 17.8. The maximum Gasteiger partial charge on any atom is 0.408 e. The molecule has 4 aromatic rings. The van der Waals surface area contributed by atoms with Gasteiger partial charge in [-0.3, -0.25) is 9.69 Å². The van der Waals surface area contributed by atoms with Gasteiger partial charge >= 0.3 is 12.1 Å². The Morgan fingerprint density at radius 1 is 0.882 bits per heavy atom. The van der Waals surface area contributed by atoms with Crippen LogP contribution >= 0.6 is 0 Å². The number of hydrogen-bond donors (Lipinski definition) is 1. The second kappa shape index (κ2) is 15.4. The van der Waals surface area contributed by atoms with Gasteiger partial charge in [0.25, 0.3) is 0 Å². The van der Waals surface area contributed by atoms with E-state index in [4.69, 9.17) is 18.9 Å². The van der Waals surface area contributed by atoms with E-state index < -0.39 is 11.5 Å². The number of fused-ring (bicyclic) bond motifs is 3. The molecule has 1 saturated carbocycles. The van der Waals surface area contributed by atoms with E-state index in [2.05, 4.69) is 28.4 Å². The number of amides is 1. The molecular formula is C42H44N2O7. The minimum absolute atomic E-state index is 0.0691. The smallest absolute Gasteiger partial charge is 0.408 e. The fraction of sp³-hybridized carbons (Fsp3) is 0.357. The molecule has 1 amide bonds. The molecule has 2 bridgehead atoms. The average Bonchev–Trinajstić information content (AvgIpc) is 3.16. The molecule has 0 spiro atoms. The summed E-state index contributed by atoms with van der Waals surface area (Å²) in [5.74, 6) is 1.43. The van der Waals surface area contributed by atoms with Gasteiger partial charge in [-0.25, -0.2) is 9.59 Å². The van der Waals surface area contributed by atoms with E-state index in [1.54, 1.807) is 30.3 Å². The number of esters is 1. The minimum atomic E-state index is -0.612. The van der Waals surface area contributed by atoms with Crippen molar-refractivity contribution in [1.82, 2.24) is 10.2 Å². The summed E-state index contributed by atoms with van der Waals surface area (Å²) in [5, 5.41) is 3.35. The SMILES string of the molecule is Cc1cc(C=O)ccc1OCCOC(=O)c1ccc(COc2cccc([C@@]3(NC(=O)O[C@H]4CN5CCC4CC5)CCC3c3ccccc3)c2)cc1. The monoisotopic (exact) mass is 688 g/mol. The maximum absolute atomic E-state index is 13.5. The molecule has 1 N–H and O–H groups in total. The second-order valence-electron chi connectivity index (χ2n) is 13.8. The van der Waals surface area contributed by atoms with Crippen molar-refractivity contribution in [2.75, 3.05) is 32.8 Å². The van der Waals surface area contributed by atoms with Crippen molar-refractivity contribution in [3.8, 4) is 11.5 Å². The van der Waals surface area contributed by atoms with E-state index in [0.29, 0.717) is 35.2 Å². The summed E-state index contributed by atoms with van der Waals surface area (Å²) in [7, 11) is 0. The highest BCUT2D eigenvalue weighted by atomic mass is 16.6. The van der Waals surface area contributed by atoms with Crippen molar-refractivity contribution in [2.45, 2.75) is 56.8 Å². The standard InChI is InChI=1S/C42H44N2O7/c1-29-24-31(27-45)12-15-38(29)48-22-23-49-40(46)34-13-10-30(11-14-34)28-50-36-9-5-8-35(25-36)42(19-16-37(42)32-6-3-2-4-7-32)43-41(47)51-39-26-44-20-17-33(39)18-21-44/h2-15,24-25,27,33,37,39H,16-23,26,28H2,1H3,(H,43,47)/t37?,39-,42-/m0/s1. The predicted molar refractivity (Wildman–Crippen MR) is 192 cm³/mol. The number of aryl methyl sites for hydroxylation is 1. The Morgan fingerprint density at radius 3 is 2.37 bits per heavy atom. The number of rotatable bonds is 13. The Morgan fingerprint density at radius 2 is 1.69 bits per heavy atom. The summed E-state index contributed by atoms with van der Waals surface area (Å²) in [6, 6.07) is 30.6. The summed E-state index contributed by atoms with van der Waals surface area (Å²) in [5.41, 5.74) is 4.31. The Hall–Kier alpha value is -5.15. The number of benzene rings is 4. The van der Waals surface area contributed by atoms with Crippen LogP contribution in [0.5, 0.6) is 11.5 Å². The third kappa shape index (κ3) is 7.78. The van der Waals surface area contributed by atoms with Gasteiger partial charge in [-0.2, -0.15) is 0 Å². The summed E-state index contributed by atoms with van der Waals surface area (Å²) in [6.45, 7) is 5.45. The number of hydrogen-bond acceptors (Lipinski definition) is 8. The van der Waals surface area contributed by atoms with E-state index in [-0.39, 0.29) is 31.3 Å². The van der Waals surface area contributed by atoms with Crippen LogP contribution in [0.2, 0.25) is 0 Å². The molecular weight excluding hydrogens is 644 g/mol. The van der Waals surface area contributed by atoms with Crippen LogP contribution in [-0.4, -0.2) is 62.2 Å². The molecule has 3 saturated heterocycles. The van der Waals surface area contributed by atoms with Crippen molar-refractivity contribution >= 4 is 18.3 Å². The molecule has 9 heteroatoms. The minimum Gasteiger partial charge on any atom is -0.490 e. The van der Waals surface area contributed by atoms with Gasteiger partial charge in [0.05, 0.1) is 11.1 Å². The molecule has 4 aliphatic rings. The first-order valence-electron chi connectivity index (χ1n) is 17.8. The van der Waals surface area contributed by atoms with Gasteiger partial charge in [0.1, 0.15) is 43.7 Å². The zero-order chi connectivity index (χ0) is 35.2. The van der Waals surface area contributed by atoms with Crippen molar-refractivity contribution in [3.05, 3.63) is 130 Å². The molecule has 264 valence electrons. The molecule has 51 heavy (non-hydrogen) atoms. The van der Waals surface area contributed by atoms with E-state index in [1.165, 1.54) is 5.56 Å². The van der Waals surface area contributed by atoms with Gasteiger partial charge in [-0.1, -0.05) is 54.6 Å². The fourth-order valence-corrected chi connectivity index (χ4v) is 7.72. The lowest BCUT2D eigenvalue weighted by molar-refractivity contribution is -0.0383. The number of piperidine rings is 3. The molecule has 3 aliphatic heterocycles. The van der Waals surface area contributed by atoms with Gasteiger partial charge in [0, 0.05) is 18.0 Å². The molecule has 3 atom stereocenters. The Bertz CT molecular complexity index is 1840. The summed E-state index contributed by atoms with van der Waals surface area (Å²) < 4.78 is 23.5. The van der Waals surface area contributed by atoms with Crippen LogP contribution in [-0.2, 0) is 21.6 Å². The Balaban J connectivity index is 0.963. The van der Waals surface area contributed by atoms with Crippen LogP contribution in [0.1, 0.15) is 74.6 Å². The van der Waals surface area contributed by atoms with E-state index in [0.717, 1.165) is 68.3 Å². The highest BCUT2D eigenvalue weighted by Gasteiger charge is 2.51. The van der Waals surface area contributed by atoms with Crippen LogP contribution in [0, 0.1) is 12.8 Å². The first kappa shape index (κ1) is 34.3. The van der Waals surface area contributed by atoms with Crippen LogP contribution in [0.15, 0.2) is 97.1 Å². The van der Waals surface area contributed by atoms with Crippen LogP contribution in [0.3, 0.4) is 0 Å². The molecule has 0 radical (unpaired) electrons. The molecule has 4 aromatic carbocycles. The Kier molecular flexibility index (Phi) is 10.4. The lowest BCUT2D eigenvalue weighted by Crippen LogP contribution is -2.58. The maximum atomic E-state index is 13.5. The van der Waals surface area contributed by atoms with Gasteiger partial charge in [0.15, 0.2) is 0 Å². The zero-order valence-corrected chi connectivity index (χ0v) is 28.9. The lowest BCUT2D eigenvalue weighted by atomic mass is 9.60. The van der Waals surface area contributed by atoms with Crippen molar-refractivity contribution in [2.24, 2.45) is 5.92 Å². The van der Waals surface area contributed by atoms with Crippen molar-refractivity contribution < 1.29 is 33.3 Å². The molecule has 1 aliphatic carbocycles. The van der Waals surface area contributed by atoms with Crippen molar-refractivity contribution in [1.29, 1.82) is 0 Å². The van der Waals surface area contributed by atoms with Gasteiger partial charge in [-0.15, -0.1) is 0 Å². The van der Waals surface area contributed by atoms with Crippen molar-refractivity contribution in [3.63, 3.8) is 0 Å². The fourth-order valence-electron chi connectivity index (χ4n) is 7.72. The number of nitrogens with one attached hydrogen (secondary N) is 1. The second-order valence-corrected chi connectivity index (χ2v) is 13.8. The average molecular weight is 689 g/mol. The number of ether oxygens (including phenoxy) is 4. The van der Waals surface area contributed by atoms with Crippen LogP contribution in [0.4, 0.5) is 4.79 Å². The van der Waals surface area contributed by atoms with Gasteiger partial charge < -0.3 is 24.3 Å². The molecule has 0 aromatic heterocycles. The largest absolute Gasteiger partial charge is 0.490 e. The van der Waals surface area contributed by atoms with Crippen LogP contribution < -0.4 is 14.8 Å². The quantitative estimate of drug-likeness (QED) is 0.0893. The summed E-state index contributed by atoms with van der Waals surface area (Å²) in [6.07, 6.45) is 4.28. The third-order valence-electron chi connectivity index (χ3n) is 10.7. The highest BCUT2D eigenvalue weighted by Crippen LogP contribution is 2.53. The van der Waals surface area contributed by atoms with E-state index >= 15 is 0 Å². The topological polar surface area (TPSA) is 103 Å². The van der Waals surface area contributed by atoms with Crippen LogP contribution in [0.25, 0.3) is 0 Å². The number of carbonyl (C=O) groups excluding carboxylic acids is 3. The number of alkyl carbamates (subject to hydrolysis) is 1. The summed E-state index contributed by atoms with van der Waals surface area (Å²) in [4.78, 5) is 39.5. The predicted octanol–water partition coefficient (Wildman–Crippen LogP) is 7.22. The summed E-state index contributed by atoms with van der Waals surface area (Å²) >= 11 is 0. The molecule has 4 fully saturated rings. The molecule has 1 unspecified atom stereocenters. The van der Waals surface area contributed by atoms with Gasteiger partial charge in [-0.05, 0) is 116 Å². The van der Waals surface area contributed by atoms with E-state index in [9.17, 15) is 14.4 Å². The molecule has 3 heterocycles. The number of nitrogens with zero attached hydrogens (tertiary/aromatic N) is 1. The number of carbonyl (C=O) groups is 3. The first-order chi connectivity index (χ1) is 24.9. The highest BCUT2D eigenvalue weighted by molar-refractivity contribution is 5.89. The molecule has 9 nitrogen and oxygen atoms in total. The lowest BCUT2D eigenvalue weighted by Gasteiger charge is -2.51. The normalized spacial score (nSPS) is 23.4. The molecule has 8 rings (SSSR count). The Labute approximate surface area is 298 Å². The zero-order valence-electron chi connectivity index (χ0n) is 28.9.